The zero-order chi connectivity index (χ0) is 14.8. The van der Waals surface area contributed by atoms with Crippen LogP contribution in [0.1, 0.15) is 35.6 Å². The molecule has 1 unspecified atom stereocenters. The standard InChI is InChI=1S/C11H19N3O3S2/c1-6-7(2)12-10(15)9-8(3)13-11(18-9)14(4)19(5,16)17/h7H,6H2,1-5H3,(H,12,15). The van der Waals surface area contributed by atoms with Crippen LogP contribution in [0.5, 0.6) is 0 Å². The number of nitrogens with zero attached hydrogens (tertiary/aromatic N) is 2. The van der Waals surface area contributed by atoms with E-state index in [2.05, 4.69) is 10.3 Å². The van der Waals surface area contributed by atoms with Gasteiger partial charge in [-0.2, -0.15) is 0 Å². The van der Waals surface area contributed by atoms with Gasteiger partial charge in [0, 0.05) is 13.1 Å². The van der Waals surface area contributed by atoms with E-state index in [-0.39, 0.29) is 11.9 Å². The fourth-order valence-corrected chi connectivity index (χ4v) is 2.94. The number of hydrogen-bond acceptors (Lipinski definition) is 5. The van der Waals surface area contributed by atoms with Crippen LogP contribution in [0.3, 0.4) is 0 Å². The number of hydrogen-bond donors (Lipinski definition) is 1. The van der Waals surface area contributed by atoms with E-state index >= 15 is 0 Å². The molecule has 8 heteroatoms. The number of amides is 1. The molecule has 0 bridgehead atoms. The van der Waals surface area contributed by atoms with Gasteiger partial charge in [-0.25, -0.2) is 17.7 Å². The minimum atomic E-state index is -3.36. The third kappa shape index (κ3) is 3.90. The molecule has 6 nitrogen and oxygen atoms in total. The first kappa shape index (κ1) is 15.9. The van der Waals surface area contributed by atoms with Gasteiger partial charge in [0.1, 0.15) is 4.88 Å². The third-order valence-corrected chi connectivity index (χ3v) is 5.26. The first-order valence-electron chi connectivity index (χ1n) is 5.89. The van der Waals surface area contributed by atoms with Crippen molar-refractivity contribution in [3.8, 4) is 0 Å². The summed E-state index contributed by atoms with van der Waals surface area (Å²) in [5, 5.41) is 3.14. The summed E-state index contributed by atoms with van der Waals surface area (Å²) in [6.45, 7) is 5.59. The first-order valence-corrected chi connectivity index (χ1v) is 8.55. The minimum Gasteiger partial charge on any atom is -0.349 e. The van der Waals surface area contributed by atoms with E-state index in [1.165, 1.54) is 7.05 Å². The normalized spacial score (nSPS) is 13.1. The molecule has 108 valence electrons. The van der Waals surface area contributed by atoms with E-state index in [9.17, 15) is 13.2 Å². The maximum atomic E-state index is 12.0. The zero-order valence-corrected chi connectivity index (χ0v) is 13.4. The number of carbonyl (C=O) groups excluding carboxylic acids is 1. The van der Waals surface area contributed by atoms with Gasteiger partial charge in [-0.05, 0) is 20.3 Å². The van der Waals surface area contributed by atoms with E-state index in [1.54, 1.807) is 6.92 Å². The molecular formula is C11H19N3O3S2. The van der Waals surface area contributed by atoms with Gasteiger partial charge in [-0.15, -0.1) is 0 Å². The molecule has 1 N–H and O–H groups in total. The lowest BCUT2D eigenvalue weighted by Gasteiger charge is -2.12. The topological polar surface area (TPSA) is 79.4 Å². The Bertz CT molecular complexity index is 566. The van der Waals surface area contributed by atoms with Gasteiger partial charge in [0.05, 0.1) is 11.9 Å². The molecule has 0 spiro atoms. The molecule has 0 radical (unpaired) electrons. The molecule has 0 aliphatic carbocycles. The minimum absolute atomic E-state index is 0.0742. The monoisotopic (exact) mass is 305 g/mol. The zero-order valence-electron chi connectivity index (χ0n) is 11.7. The molecule has 0 aromatic carbocycles. The van der Waals surface area contributed by atoms with Crippen LogP contribution in [-0.2, 0) is 10.0 Å². The molecule has 1 aromatic rings. The van der Waals surface area contributed by atoms with Crippen molar-refractivity contribution in [3.63, 3.8) is 0 Å². The summed E-state index contributed by atoms with van der Waals surface area (Å²) in [6.07, 6.45) is 1.93. The van der Waals surface area contributed by atoms with Crippen molar-refractivity contribution >= 4 is 32.4 Å². The predicted molar refractivity (Wildman–Crippen MR) is 77.3 cm³/mol. The highest BCUT2D eigenvalue weighted by molar-refractivity contribution is 7.92. The number of sulfonamides is 1. The highest BCUT2D eigenvalue weighted by Crippen LogP contribution is 2.26. The Balaban J connectivity index is 3.00. The van der Waals surface area contributed by atoms with Crippen molar-refractivity contribution in [2.75, 3.05) is 17.6 Å². The largest absolute Gasteiger partial charge is 0.349 e. The predicted octanol–water partition coefficient (Wildman–Crippen LogP) is 1.38. The van der Waals surface area contributed by atoms with Crippen molar-refractivity contribution < 1.29 is 13.2 Å². The lowest BCUT2D eigenvalue weighted by atomic mass is 10.2. The smallest absolute Gasteiger partial charge is 0.263 e. The fraction of sp³-hybridized carbons (Fsp3) is 0.636. The number of nitrogens with one attached hydrogen (secondary N) is 1. The molecule has 1 amide bonds. The molecule has 1 aromatic heterocycles. The molecule has 0 aliphatic heterocycles. The Morgan fingerprint density at radius 3 is 2.58 bits per heavy atom. The van der Waals surface area contributed by atoms with E-state index in [1.807, 2.05) is 13.8 Å². The summed E-state index contributed by atoms with van der Waals surface area (Å²) in [4.78, 5) is 16.6. The maximum absolute atomic E-state index is 12.0. The summed E-state index contributed by atoms with van der Waals surface area (Å²) in [7, 11) is -1.94. The average molecular weight is 305 g/mol. The van der Waals surface area contributed by atoms with Crippen molar-refractivity contribution in [3.05, 3.63) is 10.6 Å². The van der Waals surface area contributed by atoms with Crippen molar-refractivity contribution in [2.24, 2.45) is 0 Å². The maximum Gasteiger partial charge on any atom is 0.263 e. The van der Waals surface area contributed by atoms with Gasteiger partial charge >= 0.3 is 0 Å². The van der Waals surface area contributed by atoms with Crippen molar-refractivity contribution in [1.29, 1.82) is 0 Å². The lowest BCUT2D eigenvalue weighted by molar-refractivity contribution is 0.0942. The average Bonchev–Trinajstić information content (AvgIpc) is 2.68. The molecule has 1 rings (SSSR count). The van der Waals surface area contributed by atoms with E-state index < -0.39 is 10.0 Å². The highest BCUT2D eigenvalue weighted by atomic mass is 32.2. The number of carbonyl (C=O) groups is 1. The Morgan fingerprint density at radius 1 is 1.53 bits per heavy atom. The number of thiazole rings is 1. The summed E-state index contributed by atoms with van der Waals surface area (Å²) >= 11 is 1.08. The van der Waals surface area contributed by atoms with Crippen LogP contribution >= 0.6 is 11.3 Å². The molecule has 19 heavy (non-hydrogen) atoms. The summed E-state index contributed by atoms with van der Waals surface area (Å²) in [5.74, 6) is -0.211. The summed E-state index contributed by atoms with van der Waals surface area (Å²) in [5.41, 5.74) is 0.538. The number of aryl methyl sites for hydroxylation is 1. The highest BCUT2D eigenvalue weighted by Gasteiger charge is 2.21. The Morgan fingerprint density at radius 2 is 2.11 bits per heavy atom. The molecule has 1 atom stereocenters. The van der Waals surface area contributed by atoms with E-state index in [0.29, 0.717) is 15.7 Å². The quantitative estimate of drug-likeness (QED) is 0.891. The van der Waals surface area contributed by atoms with Crippen molar-refractivity contribution in [2.45, 2.75) is 33.2 Å². The van der Waals surface area contributed by atoms with Gasteiger partial charge in [-0.3, -0.25) is 4.79 Å². The molecule has 0 fully saturated rings. The lowest BCUT2D eigenvalue weighted by Crippen LogP contribution is -2.31. The van der Waals surface area contributed by atoms with Gasteiger partial charge < -0.3 is 5.32 Å². The summed E-state index contributed by atoms with van der Waals surface area (Å²) in [6, 6.07) is 0.0742. The Labute approximate surface area is 117 Å². The van der Waals surface area contributed by atoms with Crippen LogP contribution in [0.2, 0.25) is 0 Å². The van der Waals surface area contributed by atoms with Crippen LogP contribution in [-0.4, -0.2) is 38.7 Å². The molecule has 1 heterocycles. The second kappa shape index (κ2) is 5.87. The van der Waals surface area contributed by atoms with E-state index in [4.69, 9.17) is 0 Å². The number of aromatic nitrogens is 1. The fourth-order valence-electron chi connectivity index (χ4n) is 1.26. The second-order valence-electron chi connectivity index (χ2n) is 4.42. The van der Waals surface area contributed by atoms with Crippen molar-refractivity contribution in [1.82, 2.24) is 10.3 Å². The van der Waals surface area contributed by atoms with E-state index in [0.717, 1.165) is 28.3 Å². The Hall–Kier alpha value is -1.15. The summed E-state index contributed by atoms with van der Waals surface area (Å²) < 4.78 is 24.0. The SMILES string of the molecule is CCC(C)NC(=O)c1sc(N(C)S(C)(=O)=O)nc1C. The van der Waals surface area contributed by atoms with Crippen LogP contribution in [0, 0.1) is 6.92 Å². The molecular weight excluding hydrogens is 286 g/mol. The van der Waals surface area contributed by atoms with Gasteiger partial charge in [-0.1, -0.05) is 18.3 Å². The molecule has 0 saturated carbocycles. The second-order valence-corrected chi connectivity index (χ2v) is 7.42. The van der Waals surface area contributed by atoms with Crippen LogP contribution in [0.25, 0.3) is 0 Å². The van der Waals surface area contributed by atoms with Crippen LogP contribution in [0.4, 0.5) is 5.13 Å². The molecule has 0 aliphatic rings. The van der Waals surface area contributed by atoms with Gasteiger partial charge in [0.15, 0.2) is 5.13 Å². The first-order chi connectivity index (χ1) is 8.66. The Kier molecular flexibility index (Phi) is 4.92. The van der Waals surface area contributed by atoms with Gasteiger partial charge in [0.25, 0.3) is 5.91 Å². The molecule has 0 saturated heterocycles. The third-order valence-electron chi connectivity index (χ3n) is 2.75. The van der Waals surface area contributed by atoms with Crippen LogP contribution < -0.4 is 9.62 Å². The number of rotatable bonds is 5. The van der Waals surface area contributed by atoms with Crippen LogP contribution in [0.15, 0.2) is 0 Å². The number of anilines is 1. The van der Waals surface area contributed by atoms with Gasteiger partial charge in [0.2, 0.25) is 10.0 Å².